The third-order valence-electron chi connectivity index (χ3n) is 5.48. The molecule has 1 fully saturated rings. The molecule has 1 amide bonds. The third kappa shape index (κ3) is 4.97. The number of amides is 1. The Bertz CT molecular complexity index is 1110. The van der Waals surface area contributed by atoms with Crippen molar-refractivity contribution in [3.63, 3.8) is 0 Å². The van der Waals surface area contributed by atoms with Crippen molar-refractivity contribution in [2.75, 3.05) is 19.0 Å². The van der Waals surface area contributed by atoms with E-state index < -0.39 is 5.97 Å². The number of anilines is 1. The van der Waals surface area contributed by atoms with Crippen molar-refractivity contribution < 1.29 is 19.1 Å². The number of methoxy groups -OCH3 is 1. The molecule has 1 heterocycles. The van der Waals surface area contributed by atoms with E-state index in [1.165, 1.54) is 7.11 Å². The average molecular weight is 439 g/mol. The maximum absolute atomic E-state index is 12.5. The first kappa shape index (κ1) is 21.1. The van der Waals surface area contributed by atoms with Gasteiger partial charge in [-0.15, -0.1) is 0 Å². The normalized spacial score (nSPS) is 13.9. The zero-order valence-electron chi connectivity index (χ0n) is 17.2. The topological polar surface area (TPSA) is 77.5 Å². The Morgan fingerprint density at radius 2 is 1.84 bits per heavy atom. The zero-order valence-corrected chi connectivity index (χ0v) is 17.9. The van der Waals surface area contributed by atoms with Gasteiger partial charge in [-0.25, -0.2) is 9.78 Å². The second-order valence-electron chi connectivity index (χ2n) is 7.58. The van der Waals surface area contributed by atoms with E-state index in [4.69, 9.17) is 26.1 Å². The maximum atomic E-state index is 12.5. The first-order chi connectivity index (χ1) is 15.0. The summed E-state index contributed by atoms with van der Waals surface area (Å²) in [4.78, 5) is 28.9. The number of aromatic nitrogens is 1. The highest BCUT2D eigenvalue weighted by Gasteiger charge is 2.23. The number of nitrogens with one attached hydrogen (secondary N) is 1. The van der Waals surface area contributed by atoms with E-state index >= 15 is 0 Å². The molecule has 0 unspecified atom stereocenters. The average Bonchev–Trinajstić information content (AvgIpc) is 3.33. The smallest absolute Gasteiger partial charge is 0.343 e. The fourth-order valence-corrected chi connectivity index (χ4v) is 3.91. The monoisotopic (exact) mass is 438 g/mol. The van der Waals surface area contributed by atoms with E-state index in [9.17, 15) is 9.59 Å². The van der Waals surface area contributed by atoms with Gasteiger partial charge >= 0.3 is 5.97 Å². The summed E-state index contributed by atoms with van der Waals surface area (Å²) in [5.74, 6) is 0.108. The number of esters is 1. The van der Waals surface area contributed by atoms with Crippen molar-refractivity contribution in [3.05, 3.63) is 53.6 Å². The second-order valence-corrected chi connectivity index (χ2v) is 8.02. The van der Waals surface area contributed by atoms with Gasteiger partial charge in [0.15, 0.2) is 6.61 Å². The number of rotatable bonds is 6. The number of benzene rings is 2. The summed E-state index contributed by atoms with van der Waals surface area (Å²) in [6, 6.07) is 14.6. The van der Waals surface area contributed by atoms with Crippen molar-refractivity contribution in [2.24, 2.45) is 5.92 Å². The molecule has 0 aliphatic heterocycles. The fourth-order valence-electron chi connectivity index (χ4n) is 3.79. The van der Waals surface area contributed by atoms with Gasteiger partial charge in [0.2, 0.25) is 5.91 Å². The molecule has 0 saturated heterocycles. The molecule has 31 heavy (non-hydrogen) atoms. The van der Waals surface area contributed by atoms with Crippen molar-refractivity contribution in [1.82, 2.24) is 4.98 Å². The number of fused-ring (bicyclic) bond motifs is 1. The van der Waals surface area contributed by atoms with Gasteiger partial charge in [-0.2, -0.15) is 0 Å². The van der Waals surface area contributed by atoms with Crippen LogP contribution in [0.25, 0.3) is 22.2 Å². The Morgan fingerprint density at radius 1 is 1.10 bits per heavy atom. The summed E-state index contributed by atoms with van der Waals surface area (Å²) in [6.45, 7) is -0.228. The molecule has 1 aliphatic rings. The molecule has 1 aliphatic carbocycles. The van der Waals surface area contributed by atoms with Crippen LogP contribution in [-0.2, 0) is 14.3 Å². The van der Waals surface area contributed by atoms with E-state index in [1.54, 1.807) is 18.2 Å². The van der Waals surface area contributed by atoms with Crippen LogP contribution in [-0.4, -0.2) is 30.6 Å². The first-order valence-electron chi connectivity index (χ1n) is 10.2. The number of pyridine rings is 1. The first-order valence-corrected chi connectivity index (χ1v) is 10.6. The zero-order chi connectivity index (χ0) is 21.8. The lowest BCUT2D eigenvalue weighted by molar-refractivity contribution is -0.142. The van der Waals surface area contributed by atoms with Crippen LogP contribution in [0.15, 0.2) is 48.5 Å². The van der Waals surface area contributed by atoms with Crippen LogP contribution in [0.4, 0.5) is 5.69 Å². The lowest BCUT2D eigenvalue weighted by Gasteiger charge is -2.14. The minimum Gasteiger partial charge on any atom is -0.481 e. The summed E-state index contributed by atoms with van der Waals surface area (Å²) in [6.07, 6.45) is 4.05. The van der Waals surface area contributed by atoms with Gasteiger partial charge < -0.3 is 14.8 Å². The van der Waals surface area contributed by atoms with Crippen molar-refractivity contribution in [3.8, 4) is 17.0 Å². The molecule has 2 aromatic carbocycles. The van der Waals surface area contributed by atoms with Crippen LogP contribution >= 0.6 is 11.6 Å². The minimum absolute atomic E-state index is 0.0413. The lowest BCUT2D eigenvalue weighted by Crippen LogP contribution is -2.20. The Morgan fingerprint density at radius 3 is 2.55 bits per heavy atom. The Balaban J connectivity index is 1.69. The summed E-state index contributed by atoms with van der Waals surface area (Å²) in [7, 11) is 1.31. The number of carbonyl (C=O) groups is 2. The largest absolute Gasteiger partial charge is 0.481 e. The van der Waals surface area contributed by atoms with Crippen LogP contribution in [0.1, 0.15) is 25.7 Å². The fraction of sp³-hybridized carbons (Fsp3) is 0.292. The van der Waals surface area contributed by atoms with Crippen LogP contribution in [0.2, 0.25) is 5.02 Å². The molecule has 1 N–H and O–H groups in total. The predicted molar refractivity (Wildman–Crippen MR) is 120 cm³/mol. The molecule has 1 saturated carbocycles. The van der Waals surface area contributed by atoms with Gasteiger partial charge in [0.05, 0.1) is 18.3 Å². The van der Waals surface area contributed by atoms with Crippen molar-refractivity contribution in [2.45, 2.75) is 25.7 Å². The van der Waals surface area contributed by atoms with Crippen LogP contribution < -0.4 is 10.1 Å². The van der Waals surface area contributed by atoms with Crippen LogP contribution in [0.5, 0.6) is 5.75 Å². The van der Waals surface area contributed by atoms with E-state index in [2.05, 4.69) is 5.32 Å². The highest BCUT2D eigenvalue weighted by atomic mass is 35.5. The van der Waals surface area contributed by atoms with Gasteiger partial charge in [0.25, 0.3) is 0 Å². The second kappa shape index (κ2) is 9.35. The standard InChI is InChI=1S/C24H23ClN2O4/c1-30-23(28)14-31-22-13-21(15-6-8-17(25)9-7-15)27-20-11-10-18(12-19(20)22)26-24(29)16-4-2-3-5-16/h6-13,16H,2-5,14H2,1H3,(H,26,29). The van der Waals surface area contributed by atoms with Gasteiger partial charge in [-0.05, 0) is 43.2 Å². The number of ether oxygens (including phenoxy) is 2. The number of halogens is 1. The van der Waals surface area contributed by atoms with Crippen LogP contribution in [0, 0.1) is 5.92 Å². The summed E-state index contributed by atoms with van der Waals surface area (Å²) < 4.78 is 10.5. The molecule has 0 bridgehead atoms. The molecular formula is C24H23ClN2O4. The van der Waals surface area contributed by atoms with Crippen molar-refractivity contribution >= 4 is 40.1 Å². The Hall–Kier alpha value is -3.12. The van der Waals surface area contributed by atoms with E-state index in [-0.39, 0.29) is 18.4 Å². The van der Waals surface area contributed by atoms with Gasteiger partial charge in [-0.1, -0.05) is 36.6 Å². The predicted octanol–water partition coefficient (Wildman–Crippen LogP) is 5.24. The SMILES string of the molecule is COC(=O)COc1cc(-c2ccc(Cl)cc2)nc2ccc(NC(=O)C3CCCC3)cc12. The van der Waals surface area contributed by atoms with E-state index in [0.717, 1.165) is 31.2 Å². The summed E-state index contributed by atoms with van der Waals surface area (Å²) >= 11 is 6.00. The molecular weight excluding hydrogens is 416 g/mol. The Kier molecular flexibility index (Phi) is 6.37. The van der Waals surface area contributed by atoms with Gasteiger partial charge in [0.1, 0.15) is 5.75 Å². The van der Waals surface area contributed by atoms with E-state index in [0.29, 0.717) is 33.1 Å². The highest BCUT2D eigenvalue weighted by Crippen LogP contribution is 2.33. The van der Waals surface area contributed by atoms with Crippen LogP contribution in [0.3, 0.4) is 0 Å². The van der Waals surface area contributed by atoms with Gasteiger partial charge in [0, 0.05) is 33.6 Å². The molecule has 0 spiro atoms. The molecule has 160 valence electrons. The molecule has 3 aromatic rings. The quantitative estimate of drug-likeness (QED) is 0.533. The maximum Gasteiger partial charge on any atom is 0.343 e. The molecule has 0 radical (unpaired) electrons. The number of nitrogens with zero attached hydrogens (tertiary/aromatic N) is 1. The minimum atomic E-state index is -0.483. The van der Waals surface area contributed by atoms with E-state index in [1.807, 2.05) is 30.3 Å². The third-order valence-corrected chi connectivity index (χ3v) is 5.73. The number of hydrogen-bond acceptors (Lipinski definition) is 5. The lowest BCUT2D eigenvalue weighted by atomic mass is 10.1. The molecule has 6 nitrogen and oxygen atoms in total. The summed E-state index contributed by atoms with van der Waals surface area (Å²) in [5.41, 5.74) is 2.92. The molecule has 1 aromatic heterocycles. The molecule has 4 rings (SSSR count). The number of carbonyl (C=O) groups excluding carboxylic acids is 2. The molecule has 7 heteroatoms. The van der Waals surface area contributed by atoms with Crippen molar-refractivity contribution in [1.29, 1.82) is 0 Å². The molecule has 0 atom stereocenters. The Labute approximate surface area is 185 Å². The summed E-state index contributed by atoms with van der Waals surface area (Å²) in [5, 5.41) is 4.34. The number of hydrogen-bond donors (Lipinski definition) is 1. The van der Waals surface area contributed by atoms with Gasteiger partial charge in [-0.3, -0.25) is 4.79 Å². The highest BCUT2D eigenvalue weighted by molar-refractivity contribution is 6.30.